The van der Waals surface area contributed by atoms with Crippen LogP contribution in [0.2, 0.25) is 5.02 Å². The number of esters is 1. The number of aromatic nitrogens is 2. The highest BCUT2D eigenvalue weighted by molar-refractivity contribution is 6.31. The van der Waals surface area contributed by atoms with Crippen molar-refractivity contribution in [1.82, 2.24) is 15.1 Å². The number of nitrogens with one attached hydrogen (secondary N) is 1. The molecule has 0 unspecified atom stereocenters. The number of rotatable bonds is 4. The van der Waals surface area contributed by atoms with Crippen molar-refractivity contribution in [3.8, 4) is 11.1 Å². The van der Waals surface area contributed by atoms with E-state index < -0.39 is 29.6 Å². The lowest BCUT2D eigenvalue weighted by molar-refractivity contribution is -0.139. The minimum absolute atomic E-state index is 0.0483. The van der Waals surface area contributed by atoms with E-state index in [-0.39, 0.29) is 47.4 Å². The first-order valence-electron chi connectivity index (χ1n) is 13.6. The molecule has 0 saturated carbocycles. The summed E-state index contributed by atoms with van der Waals surface area (Å²) in [5.74, 6) is -2.98. The maximum atomic E-state index is 14.7. The zero-order valence-electron chi connectivity index (χ0n) is 23.1. The molecule has 11 heteroatoms. The van der Waals surface area contributed by atoms with Crippen LogP contribution in [0.3, 0.4) is 0 Å². The van der Waals surface area contributed by atoms with Crippen molar-refractivity contribution in [2.45, 2.75) is 45.1 Å². The number of amides is 2. The molecule has 2 atom stereocenters. The van der Waals surface area contributed by atoms with Gasteiger partial charge in [0.1, 0.15) is 5.82 Å². The van der Waals surface area contributed by atoms with Crippen molar-refractivity contribution in [2.24, 2.45) is 5.92 Å². The molecular weight excluding hydrogens is 566 g/mol. The molecule has 2 amide bonds. The second-order valence-electron chi connectivity index (χ2n) is 10.5. The number of benzene rings is 2. The van der Waals surface area contributed by atoms with Crippen LogP contribution in [0.15, 0.2) is 48.7 Å². The lowest BCUT2D eigenvalue weighted by Gasteiger charge is -2.34. The number of nitrogens with zero attached hydrogens (tertiary/aromatic N) is 3. The van der Waals surface area contributed by atoms with Gasteiger partial charge in [-0.1, -0.05) is 37.1 Å². The summed E-state index contributed by atoms with van der Waals surface area (Å²) in [7, 11) is 1.32. The molecule has 42 heavy (non-hydrogen) atoms. The highest BCUT2D eigenvalue weighted by Crippen LogP contribution is 2.37. The number of halogens is 3. The summed E-state index contributed by atoms with van der Waals surface area (Å²) >= 11 is 5.88. The van der Waals surface area contributed by atoms with Gasteiger partial charge in [0.15, 0.2) is 5.82 Å². The van der Waals surface area contributed by atoms with Crippen molar-refractivity contribution in [3.05, 3.63) is 82.1 Å². The number of hydrogen-bond acceptors (Lipinski definition) is 6. The number of carbonyl (C=O) groups is 3. The fourth-order valence-electron chi connectivity index (χ4n) is 5.44. The first-order valence-corrected chi connectivity index (χ1v) is 14.0. The van der Waals surface area contributed by atoms with Gasteiger partial charge in [0.25, 0.3) is 0 Å². The van der Waals surface area contributed by atoms with Crippen molar-refractivity contribution in [1.29, 1.82) is 0 Å². The van der Waals surface area contributed by atoms with Crippen LogP contribution in [-0.4, -0.2) is 46.5 Å². The summed E-state index contributed by atoms with van der Waals surface area (Å²) in [5.41, 5.74) is 3.05. The van der Waals surface area contributed by atoms with Gasteiger partial charge in [0.05, 0.1) is 42.0 Å². The number of methoxy groups -OCH3 is 1. The van der Waals surface area contributed by atoms with E-state index in [0.717, 1.165) is 12.1 Å². The van der Waals surface area contributed by atoms with E-state index in [0.29, 0.717) is 47.3 Å². The van der Waals surface area contributed by atoms with E-state index >= 15 is 0 Å². The second-order valence-corrected chi connectivity index (χ2v) is 10.9. The predicted octanol–water partition coefficient (Wildman–Crippen LogP) is 5.91. The molecule has 0 spiro atoms. The summed E-state index contributed by atoms with van der Waals surface area (Å²) in [4.78, 5) is 40.1. The van der Waals surface area contributed by atoms with Crippen LogP contribution >= 0.6 is 11.6 Å². The highest BCUT2D eigenvalue weighted by Gasteiger charge is 2.31. The molecule has 1 aromatic heterocycles. The number of ether oxygens (including phenoxy) is 1. The van der Waals surface area contributed by atoms with E-state index in [2.05, 4.69) is 15.5 Å². The number of hydrogen-bond donors (Lipinski definition) is 1. The molecule has 3 heterocycles. The molecule has 218 valence electrons. The van der Waals surface area contributed by atoms with Crippen molar-refractivity contribution in [3.63, 3.8) is 0 Å². The molecular formula is C31H29ClF2N4O4. The van der Waals surface area contributed by atoms with Gasteiger partial charge in [-0.3, -0.25) is 14.4 Å². The van der Waals surface area contributed by atoms with Gasteiger partial charge in [0.2, 0.25) is 11.8 Å². The standard InChI is InChI=1S/C31H29ClF2N4O4/c1-17-4-3-5-26(38-11-10-19(15-27(38)39)29-23(33)9-8-22(32)30(29)34)25-14-20(16-35-37-25)21-7-6-18(13-28(40)42-2)12-24(21)36-31(17)41/h6-9,12,14-17,26H,3-5,10-11,13H2,1-2H3,(H,36,41)/t17-,26+/m1/s1. The lowest BCUT2D eigenvalue weighted by Crippen LogP contribution is -2.38. The largest absolute Gasteiger partial charge is 0.469 e. The van der Waals surface area contributed by atoms with Crippen LogP contribution in [0, 0.1) is 17.6 Å². The molecule has 1 N–H and O–H groups in total. The Kier molecular flexibility index (Phi) is 8.63. The molecule has 5 rings (SSSR count). The quantitative estimate of drug-likeness (QED) is 0.298. The van der Waals surface area contributed by atoms with Crippen LogP contribution < -0.4 is 5.32 Å². The van der Waals surface area contributed by atoms with Crippen molar-refractivity contribution >= 4 is 40.6 Å². The normalized spacial score (nSPS) is 19.2. The second kappa shape index (κ2) is 12.4. The maximum absolute atomic E-state index is 14.7. The Morgan fingerprint density at radius 2 is 1.98 bits per heavy atom. The molecule has 8 nitrogen and oxygen atoms in total. The van der Waals surface area contributed by atoms with Crippen LogP contribution in [0.5, 0.6) is 0 Å². The fraction of sp³-hybridized carbons (Fsp3) is 0.323. The van der Waals surface area contributed by atoms with Crippen molar-refractivity contribution in [2.75, 3.05) is 19.0 Å². The van der Waals surface area contributed by atoms with Gasteiger partial charge in [0, 0.05) is 35.4 Å². The summed E-state index contributed by atoms with van der Waals surface area (Å²) in [6.45, 7) is 2.04. The Bertz CT molecular complexity index is 1600. The minimum atomic E-state index is -0.894. The Balaban J connectivity index is 1.52. The number of carbonyl (C=O) groups excluding carboxylic acids is 3. The predicted molar refractivity (Wildman–Crippen MR) is 153 cm³/mol. The Hall–Kier alpha value is -4.18. The average molecular weight is 595 g/mol. The van der Waals surface area contributed by atoms with Gasteiger partial charge in [-0.25, -0.2) is 8.78 Å². The molecule has 0 fully saturated rings. The third-order valence-corrected chi connectivity index (χ3v) is 8.04. The third kappa shape index (κ3) is 6.04. The van der Waals surface area contributed by atoms with E-state index in [9.17, 15) is 23.2 Å². The Morgan fingerprint density at radius 1 is 1.17 bits per heavy atom. The SMILES string of the molecule is COC(=O)Cc1ccc2c(c1)NC(=O)[C@H](C)CCC[C@H](N1CCC(c3c(F)ccc(Cl)c3F)=CC1=O)c1cc-2cnn1. The maximum Gasteiger partial charge on any atom is 0.309 e. The molecule has 0 radical (unpaired) electrons. The fourth-order valence-corrected chi connectivity index (χ4v) is 5.60. The van der Waals surface area contributed by atoms with Crippen LogP contribution in [0.4, 0.5) is 14.5 Å². The van der Waals surface area contributed by atoms with E-state index in [4.69, 9.17) is 16.3 Å². The number of fused-ring (bicyclic) bond motifs is 4. The van der Waals surface area contributed by atoms with E-state index in [1.807, 2.05) is 13.0 Å². The van der Waals surface area contributed by atoms with Gasteiger partial charge in [-0.15, -0.1) is 0 Å². The molecule has 2 bridgehead atoms. The molecule has 0 saturated heterocycles. The molecule has 2 aliphatic heterocycles. The van der Waals surface area contributed by atoms with Crippen molar-refractivity contribution < 1.29 is 27.9 Å². The first kappa shape index (κ1) is 29.3. The summed E-state index contributed by atoms with van der Waals surface area (Å²) in [6, 6.07) is 8.90. The zero-order chi connectivity index (χ0) is 30.0. The van der Waals surface area contributed by atoms with Gasteiger partial charge in [-0.2, -0.15) is 10.2 Å². The van der Waals surface area contributed by atoms with Gasteiger partial charge >= 0.3 is 5.97 Å². The third-order valence-electron chi connectivity index (χ3n) is 7.75. The lowest BCUT2D eigenvalue weighted by atomic mass is 9.92. The summed E-state index contributed by atoms with van der Waals surface area (Å²) in [6.07, 6.45) is 4.76. The van der Waals surface area contributed by atoms with E-state index in [1.165, 1.54) is 13.2 Å². The average Bonchev–Trinajstić information content (AvgIpc) is 2.97. The van der Waals surface area contributed by atoms with E-state index in [1.54, 1.807) is 29.3 Å². The Labute approximate surface area is 246 Å². The topological polar surface area (TPSA) is 101 Å². The number of anilines is 1. The molecule has 2 aliphatic rings. The zero-order valence-corrected chi connectivity index (χ0v) is 23.9. The molecule has 0 aliphatic carbocycles. The summed E-state index contributed by atoms with van der Waals surface area (Å²) in [5, 5.41) is 11.4. The molecule has 3 aromatic rings. The van der Waals surface area contributed by atoms with Gasteiger partial charge < -0.3 is 15.0 Å². The summed E-state index contributed by atoms with van der Waals surface area (Å²) < 4.78 is 34.0. The van der Waals surface area contributed by atoms with Crippen LogP contribution in [0.1, 0.15) is 55.5 Å². The smallest absolute Gasteiger partial charge is 0.309 e. The monoisotopic (exact) mass is 594 g/mol. The van der Waals surface area contributed by atoms with Gasteiger partial charge in [-0.05, 0) is 54.7 Å². The Morgan fingerprint density at radius 3 is 2.74 bits per heavy atom. The van der Waals surface area contributed by atoms with Crippen LogP contribution in [0.25, 0.3) is 16.7 Å². The minimum Gasteiger partial charge on any atom is -0.469 e. The molecule has 2 aromatic carbocycles. The first-order chi connectivity index (χ1) is 20.2. The highest BCUT2D eigenvalue weighted by atomic mass is 35.5. The van der Waals surface area contributed by atoms with Crippen LogP contribution in [-0.2, 0) is 25.5 Å².